The fourth-order valence-corrected chi connectivity index (χ4v) is 3.69. The summed E-state index contributed by atoms with van der Waals surface area (Å²) in [5.74, 6) is 0.829. The summed E-state index contributed by atoms with van der Waals surface area (Å²) in [5.41, 5.74) is 1.34. The van der Waals surface area contributed by atoms with Crippen molar-refractivity contribution in [2.75, 3.05) is 37.7 Å². The number of hydrogen-bond donors (Lipinski definition) is 2. The minimum Gasteiger partial charge on any atom is -0.478 e. The van der Waals surface area contributed by atoms with Gasteiger partial charge in [-0.05, 0) is 19.3 Å². The fourth-order valence-electron chi connectivity index (χ4n) is 2.71. The second kappa shape index (κ2) is 10.9. The predicted molar refractivity (Wildman–Crippen MR) is 98.8 cm³/mol. The molecule has 0 radical (unpaired) electrons. The number of carboxylic acid groups (broad SMARTS) is 2. The van der Waals surface area contributed by atoms with E-state index < -0.39 is 11.9 Å². The third-order valence-electron chi connectivity index (χ3n) is 4.02. The molecule has 3 rings (SSSR count). The van der Waals surface area contributed by atoms with Gasteiger partial charge in [-0.3, -0.25) is 9.58 Å². The Morgan fingerprint density at radius 2 is 1.85 bits per heavy atom. The van der Waals surface area contributed by atoms with Gasteiger partial charge in [-0.1, -0.05) is 0 Å². The minimum atomic E-state index is -1.26. The summed E-state index contributed by atoms with van der Waals surface area (Å²) in [5, 5.41) is 20.1. The molecule has 1 aromatic rings. The summed E-state index contributed by atoms with van der Waals surface area (Å²) in [6.07, 6.45) is 4.81. The summed E-state index contributed by atoms with van der Waals surface area (Å²) < 4.78 is 7.89. The van der Waals surface area contributed by atoms with Crippen molar-refractivity contribution in [3.8, 4) is 5.88 Å². The summed E-state index contributed by atoms with van der Waals surface area (Å²) in [6, 6.07) is 2.12. The SMILES string of the molecule is O=C(O)C=CC(=O)O.c1c(OCCN2CCSCC2)nn2c1CCCC2. The van der Waals surface area contributed by atoms with Crippen LogP contribution in [0.1, 0.15) is 18.5 Å². The second-order valence-corrected chi connectivity index (χ2v) is 7.19. The Balaban J connectivity index is 0.000000260. The lowest BCUT2D eigenvalue weighted by Gasteiger charge is -2.25. The van der Waals surface area contributed by atoms with E-state index in [1.807, 2.05) is 11.8 Å². The Morgan fingerprint density at radius 3 is 2.46 bits per heavy atom. The summed E-state index contributed by atoms with van der Waals surface area (Å²) in [6.45, 7) is 5.26. The van der Waals surface area contributed by atoms with Crippen molar-refractivity contribution in [1.29, 1.82) is 0 Å². The Hall–Kier alpha value is -2.00. The lowest BCUT2D eigenvalue weighted by atomic mass is 10.1. The molecule has 26 heavy (non-hydrogen) atoms. The quantitative estimate of drug-likeness (QED) is 0.710. The van der Waals surface area contributed by atoms with Crippen LogP contribution in [0.2, 0.25) is 0 Å². The molecule has 2 aliphatic rings. The highest BCUT2D eigenvalue weighted by Crippen LogP contribution is 2.19. The van der Waals surface area contributed by atoms with Gasteiger partial charge in [0.05, 0.1) is 0 Å². The number of aryl methyl sites for hydroxylation is 2. The molecule has 0 atom stereocenters. The van der Waals surface area contributed by atoms with Gasteiger partial charge in [-0.25, -0.2) is 9.59 Å². The summed E-state index contributed by atoms with van der Waals surface area (Å²) in [4.78, 5) is 21.6. The second-order valence-electron chi connectivity index (χ2n) is 5.97. The van der Waals surface area contributed by atoms with Crippen LogP contribution in [0, 0.1) is 0 Å². The van der Waals surface area contributed by atoms with Gasteiger partial charge >= 0.3 is 11.9 Å². The number of hydrogen-bond acceptors (Lipinski definition) is 6. The largest absolute Gasteiger partial charge is 0.478 e. The van der Waals surface area contributed by atoms with Gasteiger partial charge in [0, 0.05) is 61.6 Å². The monoisotopic (exact) mass is 383 g/mol. The average molecular weight is 383 g/mol. The van der Waals surface area contributed by atoms with Crippen LogP contribution in [0.15, 0.2) is 18.2 Å². The predicted octanol–water partition coefficient (Wildman–Crippen LogP) is 1.36. The van der Waals surface area contributed by atoms with Crippen LogP contribution in [0.4, 0.5) is 0 Å². The minimum absolute atomic E-state index is 0.558. The van der Waals surface area contributed by atoms with E-state index in [-0.39, 0.29) is 0 Å². The third kappa shape index (κ3) is 7.49. The van der Waals surface area contributed by atoms with Gasteiger partial charge in [0.2, 0.25) is 5.88 Å². The number of carbonyl (C=O) groups is 2. The van der Waals surface area contributed by atoms with Crippen LogP contribution in [0.25, 0.3) is 0 Å². The molecule has 3 heterocycles. The number of thioether (sulfide) groups is 1. The van der Waals surface area contributed by atoms with Gasteiger partial charge < -0.3 is 14.9 Å². The molecular weight excluding hydrogens is 358 g/mol. The van der Waals surface area contributed by atoms with E-state index in [1.54, 1.807) is 0 Å². The first-order valence-electron chi connectivity index (χ1n) is 8.68. The molecule has 0 aliphatic carbocycles. The van der Waals surface area contributed by atoms with Crippen molar-refractivity contribution in [2.45, 2.75) is 25.8 Å². The van der Waals surface area contributed by atoms with Crippen LogP contribution in [-0.4, -0.2) is 74.6 Å². The smallest absolute Gasteiger partial charge is 0.328 e. The molecule has 0 saturated carbocycles. The van der Waals surface area contributed by atoms with Gasteiger partial charge in [-0.15, -0.1) is 5.10 Å². The van der Waals surface area contributed by atoms with E-state index in [4.69, 9.17) is 14.9 Å². The number of ether oxygens (including phenoxy) is 1. The van der Waals surface area contributed by atoms with Crippen LogP contribution in [0.5, 0.6) is 5.88 Å². The molecule has 0 unspecified atom stereocenters. The molecule has 0 spiro atoms. The molecular formula is C17H25N3O5S. The molecule has 9 heteroatoms. The van der Waals surface area contributed by atoms with Crippen LogP contribution < -0.4 is 4.74 Å². The third-order valence-corrected chi connectivity index (χ3v) is 4.97. The fraction of sp³-hybridized carbons (Fsp3) is 0.588. The zero-order valence-corrected chi connectivity index (χ0v) is 15.5. The van der Waals surface area contributed by atoms with Crippen molar-refractivity contribution in [2.24, 2.45) is 0 Å². The highest BCUT2D eigenvalue weighted by Gasteiger charge is 2.14. The lowest BCUT2D eigenvalue weighted by Crippen LogP contribution is -2.35. The standard InChI is InChI=1S/C13H21N3OS.C4H4O4/c1-2-4-16-12(3-1)11-13(14-16)17-8-5-15-6-9-18-10-7-15;5-3(6)1-2-4(7)8/h11H,1-10H2;1-2H,(H,5,6)(H,7,8). The summed E-state index contributed by atoms with van der Waals surface area (Å²) >= 11 is 2.05. The maximum Gasteiger partial charge on any atom is 0.328 e. The van der Waals surface area contributed by atoms with E-state index in [9.17, 15) is 9.59 Å². The Morgan fingerprint density at radius 1 is 1.15 bits per heavy atom. The Labute approximate surface area is 156 Å². The Bertz CT molecular complexity index is 586. The summed E-state index contributed by atoms with van der Waals surface area (Å²) in [7, 11) is 0. The Kier molecular flexibility index (Phi) is 8.49. The van der Waals surface area contributed by atoms with Crippen molar-refractivity contribution in [3.05, 3.63) is 23.9 Å². The first-order chi connectivity index (χ1) is 12.5. The zero-order chi connectivity index (χ0) is 18.8. The normalized spacial score (nSPS) is 17.2. The molecule has 8 nitrogen and oxygen atoms in total. The molecule has 1 aromatic heterocycles. The van der Waals surface area contributed by atoms with Crippen LogP contribution >= 0.6 is 11.8 Å². The van der Waals surface area contributed by atoms with Crippen molar-refractivity contribution in [1.82, 2.24) is 14.7 Å². The number of aliphatic carboxylic acids is 2. The van der Waals surface area contributed by atoms with Gasteiger partial charge in [-0.2, -0.15) is 11.8 Å². The van der Waals surface area contributed by atoms with E-state index in [1.165, 1.54) is 43.1 Å². The molecule has 0 bridgehead atoms. The number of aromatic nitrogens is 2. The molecule has 0 aromatic carbocycles. The van der Waals surface area contributed by atoms with Crippen molar-refractivity contribution >= 4 is 23.7 Å². The van der Waals surface area contributed by atoms with Crippen molar-refractivity contribution < 1.29 is 24.5 Å². The highest BCUT2D eigenvalue weighted by molar-refractivity contribution is 7.99. The zero-order valence-electron chi connectivity index (χ0n) is 14.7. The molecule has 144 valence electrons. The average Bonchev–Trinajstić information content (AvgIpc) is 3.04. The highest BCUT2D eigenvalue weighted by atomic mass is 32.2. The number of rotatable bonds is 6. The number of fused-ring (bicyclic) bond motifs is 1. The first kappa shape index (κ1) is 20.3. The molecule has 0 amide bonds. The topological polar surface area (TPSA) is 105 Å². The van der Waals surface area contributed by atoms with Gasteiger partial charge in [0.1, 0.15) is 6.61 Å². The molecule has 2 N–H and O–H groups in total. The number of carboxylic acids is 2. The van der Waals surface area contributed by atoms with Crippen LogP contribution in [0.3, 0.4) is 0 Å². The van der Waals surface area contributed by atoms with Gasteiger partial charge in [0.25, 0.3) is 0 Å². The maximum absolute atomic E-state index is 9.55. The lowest BCUT2D eigenvalue weighted by molar-refractivity contribution is -0.134. The first-order valence-corrected chi connectivity index (χ1v) is 9.83. The molecule has 1 saturated heterocycles. The molecule has 2 aliphatic heterocycles. The van der Waals surface area contributed by atoms with E-state index in [2.05, 4.69) is 20.7 Å². The van der Waals surface area contributed by atoms with Gasteiger partial charge in [0.15, 0.2) is 0 Å². The maximum atomic E-state index is 9.55. The van der Waals surface area contributed by atoms with E-state index in [0.29, 0.717) is 12.2 Å². The van der Waals surface area contributed by atoms with E-state index >= 15 is 0 Å². The van der Waals surface area contributed by atoms with Crippen molar-refractivity contribution in [3.63, 3.8) is 0 Å². The number of nitrogens with zero attached hydrogens (tertiary/aromatic N) is 3. The van der Waals surface area contributed by atoms with E-state index in [0.717, 1.165) is 32.0 Å². The molecule has 1 fully saturated rings. The van der Waals surface area contributed by atoms with Crippen LogP contribution in [-0.2, 0) is 22.6 Å².